The van der Waals surface area contributed by atoms with Crippen molar-refractivity contribution in [2.24, 2.45) is 0 Å². The molecule has 2 amide bonds. The van der Waals surface area contributed by atoms with E-state index >= 15 is 0 Å². The van der Waals surface area contributed by atoms with Gasteiger partial charge in [0, 0.05) is 17.6 Å². The molecule has 1 saturated heterocycles. The Kier molecular flexibility index (Phi) is 5.42. The highest BCUT2D eigenvalue weighted by Crippen LogP contribution is 2.34. The number of amides is 2. The second kappa shape index (κ2) is 8.02. The third kappa shape index (κ3) is 3.63. The SMILES string of the molecule is O=C1NC(=S)N(c2cccc(Cl)c2Cl)C(=O)/C1=C/c1cccn1-c1ccc(F)cc1. The lowest BCUT2D eigenvalue weighted by Crippen LogP contribution is -2.54. The average molecular weight is 460 g/mol. The molecule has 9 heteroatoms. The quantitative estimate of drug-likeness (QED) is 0.349. The first-order valence-corrected chi connectivity index (χ1v) is 9.82. The van der Waals surface area contributed by atoms with Crippen LogP contribution in [0.25, 0.3) is 11.8 Å². The summed E-state index contributed by atoms with van der Waals surface area (Å²) in [5, 5.41) is 2.79. The normalized spacial score (nSPS) is 15.6. The molecule has 0 unspecified atom stereocenters. The number of nitrogens with one attached hydrogen (secondary N) is 1. The maximum atomic E-state index is 13.2. The molecule has 1 fully saturated rings. The molecule has 0 radical (unpaired) electrons. The minimum atomic E-state index is -0.639. The predicted octanol–water partition coefficient (Wildman–Crippen LogP) is 4.75. The van der Waals surface area contributed by atoms with Crippen LogP contribution in [0.2, 0.25) is 10.0 Å². The molecule has 2 aromatic carbocycles. The van der Waals surface area contributed by atoms with Crippen molar-refractivity contribution in [3.63, 3.8) is 0 Å². The molecule has 1 N–H and O–H groups in total. The van der Waals surface area contributed by atoms with Crippen LogP contribution in [0.1, 0.15) is 5.69 Å². The lowest BCUT2D eigenvalue weighted by Gasteiger charge is -2.29. The summed E-state index contributed by atoms with van der Waals surface area (Å²) in [6.45, 7) is 0. The minimum absolute atomic E-state index is 0.0970. The van der Waals surface area contributed by atoms with Gasteiger partial charge in [0.2, 0.25) is 0 Å². The van der Waals surface area contributed by atoms with Gasteiger partial charge in [0.25, 0.3) is 11.8 Å². The second-order valence-corrected chi connectivity index (χ2v) is 7.48. The molecule has 0 bridgehead atoms. The number of thiocarbonyl (C=S) groups is 1. The topological polar surface area (TPSA) is 54.3 Å². The van der Waals surface area contributed by atoms with Crippen molar-refractivity contribution in [2.75, 3.05) is 4.90 Å². The van der Waals surface area contributed by atoms with E-state index in [0.717, 1.165) is 4.90 Å². The Morgan fingerprint density at radius 3 is 2.47 bits per heavy atom. The van der Waals surface area contributed by atoms with Gasteiger partial charge in [-0.05, 0) is 66.8 Å². The molecule has 0 aliphatic carbocycles. The fourth-order valence-corrected chi connectivity index (χ4v) is 3.69. The van der Waals surface area contributed by atoms with E-state index in [1.54, 1.807) is 53.2 Å². The zero-order chi connectivity index (χ0) is 21.4. The van der Waals surface area contributed by atoms with E-state index in [0.29, 0.717) is 11.4 Å². The summed E-state index contributed by atoms with van der Waals surface area (Å²) in [6.07, 6.45) is 3.18. The molecule has 0 atom stereocenters. The highest BCUT2D eigenvalue weighted by atomic mass is 35.5. The van der Waals surface area contributed by atoms with Crippen LogP contribution >= 0.6 is 35.4 Å². The zero-order valence-corrected chi connectivity index (χ0v) is 17.4. The molecule has 1 aliphatic rings. The molecule has 30 heavy (non-hydrogen) atoms. The van der Waals surface area contributed by atoms with E-state index in [9.17, 15) is 14.0 Å². The van der Waals surface area contributed by atoms with Crippen LogP contribution in [0.4, 0.5) is 10.1 Å². The summed E-state index contributed by atoms with van der Waals surface area (Å²) >= 11 is 17.5. The van der Waals surface area contributed by atoms with E-state index < -0.39 is 11.8 Å². The van der Waals surface area contributed by atoms with E-state index in [2.05, 4.69) is 5.32 Å². The fraction of sp³-hybridized carbons (Fsp3) is 0. The summed E-state index contributed by atoms with van der Waals surface area (Å²) in [6, 6.07) is 14.1. The number of halogens is 3. The second-order valence-electron chi connectivity index (χ2n) is 6.31. The van der Waals surface area contributed by atoms with Gasteiger partial charge in [-0.3, -0.25) is 19.8 Å². The third-order valence-electron chi connectivity index (χ3n) is 4.45. The highest BCUT2D eigenvalue weighted by Gasteiger charge is 2.35. The molecule has 1 aliphatic heterocycles. The van der Waals surface area contributed by atoms with Crippen molar-refractivity contribution in [3.05, 3.63) is 87.9 Å². The number of carbonyl (C=O) groups excluding carboxylic acids is 2. The van der Waals surface area contributed by atoms with Gasteiger partial charge in [-0.1, -0.05) is 29.3 Å². The number of anilines is 1. The van der Waals surface area contributed by atoms with Crippen LogP contribution in [0.15, 0.2) is 66.4 Å². The van der Waals surface area contributed by atoms with Gasteiger partial charge < -0.3 is 4.57 Å². The Balaban J connectivity index is 1.77. The molecule has 0 spiro atoms. The summed E-state index contributed by atoms with van der Waals surface area (Å²) in [4.78, 5) is 26.8. The molecule has 5 nitrogen and oxygen atoms in total. The zero-order valence-electron chi connectivity index (χ0n) is 15.1. The Morgan fingerprint density at radius 2 is 1.73 bits per heavy atom. The number of aromatic nitrogens is 1. The van der Waals surface area contributed by atoms with Crippen LogP contribution < -0.4 is 10.2 Å². The number of nitrogens with zero attached hydrogens (tertiary/aromatic N) is 2. The van der Waals surface area contributed by atoms with Crippen molar-refractivity contribution in [1.29, 1.82) is 0 Å². The van der Waals surface area contributed by atoms with E-state index in [4.69, 9.17) is 35.4 Å². The van der Waals surface area contributed by atoms with Gasteiger partial charge in [-0.15, -0.1) is 0 Å². The number of rotatable bonds is 3. The van der Waals surface area contributed by atoms with Gasteiger partial charge in [0.1, 0.15) is 11.4 Å². The lowest BCUT2D eigenvalue weighted by molar-refractivity contribution is -0.122. The Morgan fingerprint density at radius 1 is 1.00 bits per heavy atom. The van der Waals surface area contributed by atoms with Crippen LogP contribution in [-0.2, 0) is 9.59 Å². The maximum absolute atomic E-state index is 13.2. The van der Waals surface area contributed by atoms with Crippen molar-refractivity contribution in [2.45, 2.75) is 0 Å². The first-order chi connectivity index (χ1) is 14.4. The first kappa shape index (κ1) is 20.3. The first-order valence-electron chi connectivity index (χ1n) is 8.65. The number of hydrogen-bond donors (Lipinski definition) is 1. The van der Waals surface area contributed by atoms with Crippen LogP contribution in [-0.4, -0.2) is 21.5 Å². The summed E-state index contributed by atoms with van der Waals surface area (Å²) < 4.78 is 15.0. The number of hydrogen-bond acceptors (Lipinski definition) is 3. The van der Waals surface area contributed by atoms with E-state index in [-0.39, 0.29) is 32.2 Å². The molecule has 2 heterocycles. The van der Waals surface area contributed by atoms with E-state index in [1.165, 1.54) is 18.2 Å². The number of benzene rings is 2. The van der Waals surface area contributed by atoms with Gasteiger partial charge in [-0.25, -0.2) is 4.39 Å². The van der Waals surface area contributed by atoms with Crippen LogP contribution in [0.5, 0.6) is 0 Å². The van der Waals surface area contributed by atoms with Gasteiger partial charge in [0.15, 0.2) is 5.11 Å². The molecule has 3 aromatic rings. The molecule has 0 saturated carbocycles. The maximum Gasteiger partial charge on any atom is 0.270 e. The molecule has 150 valence electrons. The van der Waals surface area contributed by atoms with E-state index in [1.807, 2.05) is 0 Å². The highest BCUT2D eigenvalue weighted by molar-refractivity contribution is 7.80. The Labute approximate surface area is 186 Å². The van der Waals surface area contributed by atoms with Crippen LogP contribution in [0, 0.1) is 5.82 Å². The Hall–Kier alpha value is -3.00. The van der Waals surface area contributed by atoms with Gasteiger partial charge in [0.05, 0.1) is 15.7 Å². The predicted molar refractivity (Wildman–Crippen MR) is 118 cm³/mol. The Bertz CT molecular complexity index is 1220. The molecule has 1 aromatic heterocycles. The minimum Gasteiger partial charge on any atom is -0.317 e. The third-order valence-corrected chi connectivity index (χ3v) is 5.54. The number of carbonyl (C=O) groups is 2. The molecule has 4 rings (SSSR count). The van der Waals surface area contributed by atoms with Crippen molar-refractivity contribution < 1.29 is 14.0 Å². The molecular formula is C21H12Cl2FN3O2S. The smallest absolute Gasteiger partial charge is 0.270 e. The van der Waals surface area contributed by atoms with Crippen molar-refractivity contribution in [1.82, 2.24) is 9.88 Å². The monoisotopic (exact) mass is 459 g/mol. The van der Waals surface area contributed by atoms with Crippen molar-refractivity contribution >= 4 is 64.1 Å². The standard InChI is InChI=1S/C21H12Cl2FN3O2S/c22-16-4-1-5-17(18(16)23)27-20(29)15(19(28)25-21(27)30)11-14-3-2-10-26(14)13-8-6-12(24)7-9-13/h1-11H,(H,25,28,30)/b15-11+. The largest absolute Gasteiger partial charge is 0.317 e. The average Bonchev–Trinajstić information content (AvgIpc) is 3.17. The van der Waals surface area contributed by atoms with Gasteiger partial charge >= 0.3 is 0 Å². The fourth-order valence-electron chi connectivity index (χ4n) is 3.04. The van der Waals surface area contributed by atoms with Gasteiger partial charge in [-0.2, -0.15) is 0 Å². The van der Waals surface area contributed by atoms with Crippen molar-refractivity contribution in [3.8, 4) is 5.69 Å². The van der Waals surface area contributed by atoms with Crippen LogP contribution in [0.3, 0.4) is 0 Å². The molecular weight excluding hydrogens is 448 g/mol. The summed E-state index contributed by atoms with van der Waals surface area (Å²) in [5.41, 5.74) is 1.34. The summed E-state index contributed by atoms with van der Waals surface area (Å²) in [5.74, 6) is -1.64. The summed E-state index contributed by atoms with van der Waals surface area (Å²) in [7, 11) is 0. The lowest BCUT2D eigenvalue weighted by atomic mass is 10.1.